The van der Waals surface area contributed by atoms with Crippen molar-refractivity contribution >= 4 is 18.3 Å². The van der Waals surface area contributed by atoms with Crippen LogP contribution in [0.2, 0.25) is 0 Å². The van der Waals surface area contributed by atoms with Crippen molar-refractivity contribution in [2.75, 3.05) is 13.1 Å². The molecule has 0 saturated heterocycles. The first kappa shape index (κ1) is 15.7. The molecule has 0 spiro atoms. The van der Waals surface area contributed by atoms with Gasteiger partial charge < -0.3 is 11.1 Å². The number of carbonyl (C=O) groups excluding carboxylic acids is 1. The van der Waals surface area contributed by atoms with Gasteiger partial charge >= 0.3 is 0 Å². The lowest BCUT2D eigenvalue weighted by Crippen LogP contribution is -2.34. The number of rotatable bonds is 6. The van der Waals surface area contributed by atoms with Crippen LogP contribution in [0.5, 0.6) is 0 Å². The van der Waals surface area contributed by atoms with Crippen LogP contribution in [0.25, 0.3) is 0 Å². The summed E-state index contributed by atoms with van der Waals surface area (Å²) in [7, 11) is 0. The summed E-state index contributed by atoms with van der Waals surface area (Å²) < 4.78 is 0. The van der Waals surface area contributed by atoms with Crippen LogP contribution < -0.4 is 11.1 Å². The molecule has 0 aromatic rings. The normalized spacial score (nSPS) is 17.9. The second-order valence-corrected chi connectivity index (χ2v) is 4.57. The minimum Gasteiger partial charge on any atom is -0.355 e. The molecule has 1 fully saturated rings. The van der Waals surface area contributed by atoms with Crippen LogP contribution in [-0.2, 0) is 4.79 Å². The van der Waals surface area contributed by atoms with Crippen molar-refractivity contribution in [1.29, 1.82) is 0 Å². The third kappa shape index (κ3) is 5.17. The largest absolute Gasteiger partial charge is 0.355 e. The molecule has 3 N–H and O–H groups in total. The number of nitrogens with one attached hydrogen (secondary N) is 1. The van der Waals surface area contributed by atoms with E-state index in [9.17, 15) is 4.79 Å². The van der Waals surface area contributed by atoms with Crippen molar-refractivity contribution in [2.45, 2.75) is 45.4 Å². The van der Waals surface area contributed by atoms with E-state index in [4.69, 9.17) is 5.73 Å². The van der Waals surface area contributed by atoms with E-state index >= 15 is 0 Å². The molecule has 4 heteroatoms. The number of nitrogens with two attached hydrogens (primary N) is 1. The van der Waals surface area contributed by atoms with E-state index in [-0.39, 0.29) is 24.2 Å². The molecular weight excluding hydrogens is 224 g/mol. The quantitative estimate of drug-likeness (QED) is 0.756. The lowest BCUT2D eigenvalue weighted by atomic mass is 9.91. The maximum Gasteiger partial charge on any atom is 0.223 e. The first-order valence-corrected chi connectivity index (χ1v) is 6.25. The van der Waals surface area contributed by atoms with Crippen LogP contribution in [0.15, 0.2) is 0 Å². The van der Waals surface area contributed by atoms with Crippen LogP contribution in [0.3, 0.4) is 0 Å². The summed E-state index contributed by atoms with van der Waals surface area (Å²) in [5, 5.41) is 2.89. The van der Waals surface area contributed by atoms with Gasteiger partial charge in [-0.25, -0.2) is 0 Å². The molecule has 96 valence electrons. The van der Waals surface area contributed by atoms with Gasteiger partial charge in [-0.1, -0.05) is 32.6 Å². The molecule has 0 aromatic carbocycles. The Hall–Kier alpha value is -0.280. The highest BCUT2D eigenvalue weighted by molar-refractivity contribution is 5.85. The van der Waals surface area contributed by atoms with Gasteiger partial charge in [-0.05, 0) is 18.8 Å². The molecule has 1 amide bonds. The summed E-state index contributed by atoms with van der Waals surface area (Å²) in [6.45, 7) is 3.24. The van der Waals surface area contributed by atoms with Crippen LogP contribution in [-0.4, -0.2) is 19.0 Å². The van der Waals surface area contributed by atoms with Crippen molar-refractivity contribution in [2.24, 2.45) is 17.6 Å². The van der Waals surface area contributed by atoms with E-state index in [1.165, 1.54) is 25.7 Å². The van der Waals surface area contributed by atoms with Gasteiger partial charge in [0.2, 0.25) is 5.91 Å². The van der Waals surface area contributed by atoms with Gasteiger partial charge in [0.05, 0.1) is 0 Å². The van der Waals surface area contributed by atoms with E-state index in [2.05, 4.69) is 12.2 Å². The average Bonchev–Trinajstić information content (AvgIpc) is 2.75. The molecule has 0 aliphatic heterocycles. The second-order valence-electron chi connectivity index (χ2n) is 4.57. The molecule has 1 aliphatic rings. The van der Waals surface area contributed by atoms with E-state index < -0.39 is 0 Å². The van der Waals surface area contributed by atoms with E-state index in [0.29, 0.717) is 13.1 Å². The molecular formula is C12H25ClN2O. The Morgan fingerprint density at radius 1 is 1.44 bits per heavy atom. The topological polar surface area (TPSA) is 55.1 Å². The van der Waals surface area contributed by atoms with Crippen molar-refractivity contribution in [1.82, 2.24) is 5.32 Å². The molecule has 3 nitrogen and oxygen atoms in total. The average molecular weight is 249 g/mol. The monoisotopic (exact) mass is 248 g/mol. The number of halogens is 1. The predicted molar refractivity (Wildman–Crippen MR) is 69.7 cm³/mol. The maximum atomic E-state index is 11.8. The fourth-order valence-corrected chi connectivity index (χ4v) is 2.45. The SMILES string of the molecule is CCC(CC1CCCC1)C(=O)NCCN.Cl. The summed E-state index contributed by atoms with van der Waals surface area (Å²) in [6.07, 6.45) is 7.37. The van der Waals surface area contributed by atoms with Crippen molar-refractivity contribution < 1.29 is 4.79 Å². The molecule has 0 heterocycles. The first-order chi connectivity index (χ1) is 7.27. The minimum absolute atomic E-state index is 0. The number of carbonyl (C=O) groups is 1. The zero-order valence-corrected chi connectivity index (χ0v) is 11.0. The predicted octanol–water partition coefficient (Wildman–Crippen LogP) is 2.09. The second kappa shape index (κ2) is 8.82. The number of amides is 1. The highest BCUT2D eigenvalue weighted by Gasteiger charge is 2.23. The molecule has 1 unspecified atom stereocenters. The molecule has 0 aromatic heterocycles. The van der Waals surface area contributed by atoms with Gasteiger partial charge in [-0.15, -0.1) is 12.4 Å². The van der Waals surface area contributed by atoms with Gasteiger partial charge in [0.15, 0.2) is 0 Å². The van der Waals surface area contributed by atoms with Gasteiger partial charge in [-0.2, -0.15) is 0 Å². The first-order valence-electron chi connectivity index (χ1n) is 6.25. The fourth-order valence-electron chi connectivity index (χ4n) is 2.45. The highest BCUT2D eigenvalue weighted by atomic mass is 35.5. The van der Waals surface area contributed by atoms with Crippen LogP contribution >= 0.6 is 12.4 Å². The summed E-state index contributed by atoms with van der Waals surface area (Å²) in [6, 6.07) is 0. The molecule has 1 saturated carbocycles. The van der Waals surface area contributed by atoms with Crippen LogP contribution in [0.1, 0.15) is 45.4 Å². The zero-order valence-electron chi connectivity index (χ0n) is 10.2. The zero-order chi connectivity index (χ0) is 11.1. The van der Waals surface area contributed by atoms with E-state index in [0.717, 1.165) is 18.8 Å². The Labute approximate surface area is 105 Å². The molecule has 16 heavy (non-hydrogen) atoms. The van der Waals surface area contributed by atoms with Crippen molar-refractivity contribution in [3.63, 3.8) is 0 Å². The standard InChI is InChI=1S/C12H24N2O.ClH/c1-2-11(12(15)14-8-7-13)9-10-5-3-4-6-10;/h10-11H,2-9,13H2,1H3,(H,14,15);1H. The van der Waals surface area contributed by atoms with Crippen molar-refractivity contribution in [3.05, 3.63) is 0 Å². The summed E-state index contributed by atoms with van der Waals surface area (Å²) in [5.41, 5.74) is 5.37. The summed E-state index contributed by atoms with van der Waals surface area (Å²) in [4.78, 5) is 11.8. The molecule has 0 bridgehead atoms. The summed E-state index contributed by atoms with van der Waals surface area (Å²) in [5.74, 6) is 1.20. The molecule has 1 atom stereocenters. The van der Waals surface area contributed by atoms with Crippen LogP contribution in [0, 0.1) is 11.8 Å². The number of hydrogen-bond acceptors (Lipinski definition) is 2. The Morgan fingerprint density at radius 2 is 2.06 bits per heavy atom. The third-order valence-corrected chi connectivity index (χ3v) is 3.40. The third-order valence-electron chi connectivity index (χ3n) is 3.40. The van der Waals surface area contributed by atoms with E-state index in [1.807, 2.05) is 0 Å². The molecule has 1 rings (SSSR count). The number of hydrogen-bond donors (Lipinski definition) is 2. The van der Waals surface area contributed by atoms with Gasteiger partial charge in [-0.3, -0.25) is 4.79 Å². The van der Waals surface area contributed by atoms with Gasteiger partial charge in [0.1, 0.15) is 0 Å². The lowest BCUT2D eigenvalue weighted by Gasteiger charge is -2.18. The lowest BCUT2D eigenvalue weighted by molar-refractivity contribution is -0.125. The fraction of sp³-hybridized carbons (Fsp3) is 0.917. The van der Waals surface area contributed by atoms with Crippen molar-refractivity contribution in [3.8, 4) is 0 Å². The molecule has 0 radical (unpaired) electrons. The maximum absolute atomic E-state index is 11.8. The van der Waals surface area contributed by atoms with Gasteiger partial charge in [0.25, 0.3) is 0 Å². The van der Waals surface area contributed by atoms with E-state index in [1.54, 1.807) is 0 Å². The Morgan fingerprint density at radius 3 is 2.56 bits per heavy atom. The van der Waals surface area contributed by atoms with Crippen LogP contribution in [0.4, 0.5) is 0 Å². The Bertz CT molecular complexity index is 193. The minimum atomic E-state index is 0. The summed E-state index contributed by atoms with van der Waals surface area (Å²) >= 11 is 0. The van der Waals surface area contributed by atoms with Gasteiger partial charge in [0, 0.05) is 19.0 Å². The smallest absolute Gasteiger partial charge is 0.223 e. The highest BCUT2D eigenvalue weighted by Crippen LogP contribution is 2.31. The Kier molecular flexibility index (Phi) is 8.67. The molecule has 1 aliphatic carbocycles. The Balaban J connectivity index is 0.00000225.